The molecule has 1 heterocycles. The van der Waals surface area contributed by atoms with Gasteiger partial charge in [-0.3, -0.25) is 0 Å². The van der Waals surface area contributed by atoms with Crippen LogP contribution in [0.25, 0.3) is 11.0 Å². The van der Waals surface area contributed by atoms with Gasteiger partial charge in [0.2, 0.25) is 0 Å². The zero-order valence-corrected chi connectivity index (χ0v) is 8.08. The molecule has 1 fully saturated rings. The summed E-state index contributed by atoms with van der Waals surface area (Å²) in [5, 5.41) is 11.2. The fourth-order valence-electron chi connectivity index (χ4n) is 2.02. The minimum Gasteiger partial charge on any atom is -0.464 e. The molecule has 14 heavy (non-hydrogen) atoms. The largest absolute Gasteiger partial charge is 0.464 e. The molecule has 1 saturated carbocycles. The van der Waals surface area contributed by atoms with Gasteiger partial charge in [-0.15, -0.1) is 0 Å². The predicted molar refractivity (Wildman–Crippen MR) is 54.1 cm³/mol. The van der Waals surface area contributed by atoms with Crippen molar-refractivity contribution in [3.05, 3.63) is 35.6 Å². The summed E-state index contributed by atoms with van der Waals surface area (Å²) in [6.45, 7) is 2.01. The van der Waals surface area contributed by atoms with Crippen LogP contribution in [-0.2, 0) is 5.60 Å². The van der Waals surface area contributed by atoms with Crippen LogP contribution < -0.4 is 0 Å². The van der Waals surface area contributed by atoms with Crippen molar-refractivity contribution in [2.75, 3.05) is 0 Å². The topological polar surface area (TPSA) is 33.4 Å². The first-order chi connectivity index (χ1) is 6.71. The molecule has 72 valence electrons. The normalized spacial score (nSPS) is 18.7. The van der Waals surface area contributed by atoms with Gasteiger partial charge < -0.3 is 9.52 Å². The van der Waals surface area contributed by atoms with Crippen LogP contribution in [-0.4, -0.2) is 5.11 Å². The molecule has 0 amide bonds. The maximum Gasteiger partial charge on any atom is 0.134 e. The third-order valence-electron chi connectivity index (χ3n) is 3.01. The Morgan fingerprint density at radius 2 is 2.14 bits per heavy atom. The molecule has 2 nitrogen and oxygen atoms in total. The summed E-state index contributed by atoms with van der Waals surface area (Å²) in [6.07, 6.45) is 3.49. The Hall–Kier alpha value is -1.28. The minimum atomic E-state index is -0.575. The van der Waals surface area contributed by atoms with Gasteiger partial charge in [0.25, 0.3) is 0 Å². The highest BCUT2D eigenvalue weighted by atomic mass is 16.3. The smallest absolute Gasteiger partial charge is 0.134 e. The highest BCUT2D eigenvalue weighted by Gasteiger charge is 2.43. The summed E-state index contributed by atoms with van der Waals surface area (Å²) >= 11 is 0. The van der Waals surface area contributed by atoms with E-state index in [9.17, 15) is 5.11 Å². The molecule has 1 aliphatic rings. The lowest BCUT2D eigenvalue weighted by Gasteiger charge is -2.09. The van der Waals surface area contributed by atoms with Crippen molar-refractivity contribution in [1.29, 1.82) is 0 Å². The maximum absolute atomic E-state index is 10.1. The van der Waals surface area contributed by atoms with Crippen molar-refractivity contribution in [2.45, 2.75) is 25.4 Å². The fraction of sp³-hybridized carbons (Fsp3) is 0.333. The van der Waals surface area contributed by atoms with E-state index in [0.717, 1.165) is 34.9 Å². The van der Waals surface area contributed by atoms with Crippen LogP contribution >= 0.6 is 0 Å². The number of benzene rings is 1. The van der Waals surface area contributed by atoms with E-state index in [0.29, 0.717) is 0 Å². The monoisotopic (exact) mass is 188 g/mol. The first-order valence-corrected chi connectivity index (χ1v) is 4.90. The molecule has 2 heteroatoms. The lowest BCUT2D eigenvalue weighted by atomic mass is 10.0. The van der Waals surface area contributed by atoms with Crippen LogP contribution in [0.3, 0.4) is 0 Å². The number of aliphatic hydroxyl groups is 1. The highest BCUT2D eigenvalue weighted by Crippen LogP contribution is 2.48. The number of aryl methyl sites for hydroxylation is 1. The summed E-state index contributed by atoms with van der Waals surface area (Å²) in [5.41, 5.74) is 2.44. The van der Waals surface area contributed by atoms with Crippen LogP contribution in [0.4, 0.5) is 0 Å². The highest BCUT2D eigenvalue weighted by molar-refractivity contribution is 5.85. The van der Waals surface area contributed by atoms with E-state index in [-0.39, 0.29) is 0 Å². The van der Waals surface area contributed by atoms with Gasteiger partial charge >= 0.3 is 0 Å². The Kier molecular flexibility index (Phi) is 1.38. The summed E-state index contributed by atoms with van der Waals surface area (Å²) < 4.78 is 5.40. The zero-order valence-electron chi connectivity index (χ0n) is 8.08. The van der Waals surface area contributed by atoms with Crippen molar-refractivity contribution in [3.63, 3.8) is 0 Å². The van der Waals surface area contributed by atoms with Crippen LogP contribution in [0, 0.1) is 6.92 Å². The molecule has 1 N–H and O–H groups in total. The van der Waals surface area contributed by atoms with E-state index in [2.05, 4.69) is 0 Å². The third kappa shape index (κ3) is 0.946. The van der Waals surface area contributed by atoms with Gasteiger partial charge in [-0.1, -0.05) is 12.1 Å². The molecule has 1 aromatic heterocycles. The van der Waals surface area contributed by atoms with E-state index in [1.165, 1.54) is 0 Å². The number of furan rings is 1. The molecule has 0 unspecified atom stereocenters. The number of rotatable bonds is 1. The minimum absolute atomic E-state index is 0.575. The molecule has 1 aliphatic carbocycles. The summed E-state index contributed by atoms with van der Waals surface area (Å²) in [6, 6.07) is 5.88. The average molecular weight is 188 g/mol. The van der Waals surface area contributed by atoms with Gasteiger partial charge in [0.15, 0.2) is 0 Å². The Bertz CT molecular complexity index is 492. The standard InChI is InChI=1S/C12H12O2/c1-8-7-14-10-4-2-3-9(11(8)10)12(13)5-6-12/h2-4,7,13H,5-6H2,1H3. The van der Waals surface area contributed by atoms with E-state index in [4.69, 9.17) is 4.42 Å². The fourth-order valence-corrected chi connectivity index (χ4v) is 2.02. The molecule has 2 aromatic rings. The Labute approximate surface area is 82.2 Å². The zero-order chi connectivity index (χ0) is 9.76. The van der Waals surface area contributed by atoms with Crippen LogP contribution in [0.2, 0.25) is 0 Å². The lowest BCUT2D eigenvalue weighted by Crippen LogP contribution is -2.04. The molecular formula is C12H12O2. The van der Waals surface area contributed by atoms with E-state index >= 15 is 0 Å². The van der Waals surface area contributed by atoms with E-state index in [1.54, 1.807) is 6.26 Å². The van der Waals surface area contributed by atoms with Crippen molar-refractivity contribution in [1.82, 2.24) is 0 Å². The summed E-state index contributed by atoms with van der Waals surface area (Å²) in [4.78, 5) is 0. The molecular weight excluding hydrogens is 176 g/mol. The lowest BCUT2D eigenvalue weighted by molar-refractivity contribution is 0.153. The molecule has 0 saturated heterocycles. The molecule has 0 bridgehead atoms. The van der Waals surface area contributed by atoms with Gasteiger partial charge in [0.05, 0.1) is 11.9 Å². The number of hydrogen-bond acceptors (Lipinski definition) is 2. The van der Waals surface area contributed by atoms with Crippen LogP contribution in [0.15, 0.2) is 28.9 Å². The first-order valence-electron chi connectivity index (χ1n) is 4.90. The SMILES string of the molecule is Cc1coc2cccc(C3(O)CC3)c12. The number of fused-ring (bicyclic) bond motifs is 1. The quantitative estimate of drug-likeness (QED) is 0.746. The van der Waals surface area contributed by atoms with Gasteiger partial charge in [-0.05, 0) is 37.0 Å². The number of hydrogen-bond donors (Lipinski definition) is 1. The van der Waals surface area contributed by atoms with Crippen LogP contribution in [0.1, 0.15) is 24.0 Å². The molecule has 0 radical (unpaired) electrons. The van der Waals surface area contributed by atoms with E-state index < -0.39 is 5.60 Å². The molecule has 1 aromatic carbocycles. The van der Waals surface area contributed by atoms with Gasteiger partial charge in [0, 0.05) is 5.39 Å². The first kappa shape index (κ1) is 8.06. The Morgan fingerprint density at radius 1 is 1.36 bits per heavy atom. The second kappa shape index (κ2) is 2.39. The summed E-state index contributed by atoms with van der Waals surface area (Å²) in [7, 11) is 0. The van der Waals surface area contributed by atoms with Gasteiger partial charge in [-0.25, -0.2) is 0 Å². The van der Waals surface area contributed by atoms with Crippen LogP contribution in [0.5, 0.6) is 0 Å². The summed E-state index contributed by atoms with van der Waals surface area (Å²) in [5.74, 6) is 0. The Morgan fingerprint density at radius 3 is 2.86 bits per heavy atom. The Balaban J connectivity index is 2.37. The van der Waals surface area contributed by atoms with Crippen molar-refractivity contribution >= 4 is 11.0 Å². The average Bonchev–Trinajstić information content (AvgIpc) is 2.83. The maximum atomic E-state index is 10.1. The molecule has 0 atom stereocenters. The second-order valence-corrected chi connectivity index (χ2v) is 4.13. The second-order valence-electron chi connectivity index (χ2n) is 4.13. The van der Waals surface area contributed by atoms with E-state index in [1.807, 2.05) is 25.1 Å². The van der Waals surface area contributed by atoms with Crippen molar-refractivity contribution in [3.8, 4) is 0 Å². The molecule has 0 spiro atoms. The van der Waals surface area contributed by atoms with Gasteiger partial charge in [0.1, 0.15) is 5.58 Å². The predicted octanol–water partition coefficient (Wildman–Crippen LogP) is 2.72. The van der Waals surface area contributed by atoms with Gasteiger partial charge in [-0.2, -0.15) is 0 Å². The van der Waals surface area contributed by atoms with Crippen molar-refractivity contribution < 1.29 is 9.52 Å². The molecule has 3 rings (SSSR count). The van der Waals surface area contributed by atoms with Crippen molar-refractivity contribution in [2.24, 2.45) is 0 Å². The molecule has 0 aliphatic heterocycles. The third-order valence-corrected chi connectivity index (χ3v) is 3.01.